The van der Waals surface area contributed by atoms with Crippen LogP contribution in [0.5, 0.6) is 5.75 Å². The molecule has 2 atom stereocenters. The van der Waals surface area contributed by atoms with Gasteiger partial charge in [0, 0.05) is 19.7 Å². The van der Waals surface area contributed by atoms with Gasteiger partial charge in [-0.2, -0.15) is 0 Å². The lowest BCUT2D eigenvalue weighted by molar-refractivity contribution is -0.274. The summed E-state index contributed by atoms with van der Waals surface area (Å²) in [5.41, 5.74) is 0.675. The number of carbonyl (C=O) groups excluding carboxylic acids is 1. The van der Waals surface area contributed by atoms with Crippen LogP contribution < -0.4 is 10.1 Å². The lowest BCUT2D eigenvalue weighted by Crippen LogP contribution is -2.46. The lowest BCUT2D eigenvalue weighted by Gasteiger charge is -2.32. The molecule has 1 heterocycles. The van der Waals surface area contributed by atoms with Gasteiger partial charge < -0.3 is 20.1 Å². The van der Waals surface area contributed by atoms with Crippen LogP contribution in [0.2, 0.25) is 0 Å². The zero-order valence-electron chi connectivity index (χ0n) is 13.3. The number of nitrogens with one attached hydrogen (secondary N) is 1. The van der Waals surface area contributed by atoms with Gasteiger partial charge in [0.2, 0.25) is 0 Å². The number of piperidine rings is 1. The second kappa shape index (κ2) is 7.74. The number of alkyl halides is 3. The fraction of sp³-hybridized carbons (Fsp3) is 0.562. The fourth-order valence-electron chi connectivity index (χ4n) is 2.72. The number of benzene rings is 1. The molecule has 1 saturated heterocycles. The Morgan fingerprint density at radius 2 is 2.08 bits per heavy atom. The molecule has 1 aromatic carbocycles. The average Bonchev–Trinajstić information content (AvgIpc) is 2.54. The second-order valence-corrected chi connectivity index (χ2v) is 5.92. The SMILES string of the molecule is C[C@H](NC(=O)N1CCC[C@H](CO)C1)c1ccc(OC(F)(F)F)cc1. The molecule has 1 aliphatic rings. The Labute approximate surface area is 138 Å². The number of urea groups is 1. The number of amides is 2. The third kappa shape index (κ3) is 5.30. The Bertz CT molecular complexity index is 548. The van der Waals surface area contributed by atoms with Crippen LogP contribution in [0.1, 0.15) is 31.4 Å². The van der Waals surface area contributed by atoms with Gasteiger partial charge in [-0.25, -0.2) is 4.79 Å². The number of rotatable bonds is 4. The standard InChI is InChI=1S/C16H21F3N2O3/c1-11(13-4-6-14(7-5-13)24-16(17,18)19)20-15(23)21-8-2-3-12(9-21)10-22/h4-7,11-12,22H,2-3,8-10H2,1H3,(H,20,23)/t11-,12-/m0/s1. The molecule has 2 rings (SSSR count). The number of halogens is 3. The molecule has 1 aromatic rings. The Balaban J connectivity index is 1.91. The number of carbonyl (C=O) groups is 1. The third-order valence-electron chi connectivity index (χ3n) is 4.02. The zero-order chi connectivity index (χ0) is 17.7. The highest BCUT2D eigenvalue weighted by atomic mass is 19.4. The summed E-state index contributed by atoms with van der Waals surface area (Å²) < 4.78 is 40.2. The number of nitrogens with zero attached hydrogens (tertiary/aromatic N) is 1. The predicted molar refractivity (Wildman–Crippen MR) is 81.5 cm³/mol. The summed E-state index contributed by atoms with van der Waals surface area (Å²) in [4.78, 5) is 13.9. The van der Waals surface area contributed by atoms with Gasteiger partial charge in [0.25, 0.3) is 0 Å². The van der Waals surface area contributed by atoms with E-state index in [0.717, 1.165) is 12.8 Å². The maximum absolute atomic E-state index is 12.3. The van der Waals surface area contributed by atoms with E-state index in [2.05, 4.69) is 10.1 Å². The van der Waals surface area contributed by atoms with Crippen molar-refractivity contribution in [2.45, 2.75) is 32.2 Å². The van der Waals surface area contributed by atoms with E-state index in [9.17, 15) is 23.1 Å². The maximum Gasteiger partial charge on any atom is 0.573 e. The van der Waals surface area contributed by atoms with E-state index < -0.39 is 6.36 Å². The van der Waals surface area contributed by atoms with Crippen LogP contribution >= 0.6 is 0 Å². The van der Waals surface area contributed by atoms with Gasteiger partial charge in [-0.15, -0.1) is 13.2 Å². The number of likely N-dealkylation sites (tertiary alicyclic amines) is 1. The quantitative estimate of drug-likeness (QED) is 0.881. The molecule has 8 heteroatoms. The fourth-order valence-corrected chi connectivity index (χ4v) is 2.72. The summed E-state index contributed by atoms with van der Waals surface area (Å²) in [7, 11) is 0. The monoisotopic (exact) mass is 346 g/mol. The van der Waals surface area contributed by atoms with Gasteiger partial charge >= 0.3 is 12.4 Å². The van der Waals surface area contributed by atoms with Crippen molar-refractivity contribution in [2.75, 3.05) is 19.7 Å². The first kappa shape index (κ1) is 18.4. The molecule has 5 nitrogen and oxygen atoms in total. The molecule has 2 N–H and O–H groups in total. The van der Waals surface area contributed by atoms with Crippen LogP contribution in [0, 0.1) is 5.92 Å². The summed E-state index contributed by atoms with van der Waals surface area (Å²) in [5, 5.41) is 12.0. The van der Waals surface area contributed by atoms with Gasteiger partial charge in [-0.1, -0.05) is 12.1 Å². The van der Waals surface area contributed by atoms with Gasteiger partial charge in [0.1, 0.15) is 5.75 Å². The van der Waals surface area contributed by atoms with E-state index in [1.807, 2.05) is 0 Å². The lowest BCUT2D eigenvalue weighted by atomic mass is 9.99. The van der Waals surface area contributed by atoms with Gasteiger partial charge in [0.15, 0.2) is 0 Å². The molecule has 1 fully saturated rings. The Morgan fingerprint density at radius 3 is 2.67 bits per heavy atom. The van der Waals surface area contributed by atoms with Crippen molar-refractivity contribution >= 4 is 6.03 Å². The minimum atomic E-state index is -4.72. The van der Waals surface area contributed by atoms with Crippen LogP contribution in [0.3, 0.4) is 0 Å². The van der Waals surface area contributed by atoms with E-state index in [0.29, 0.717) is 18.7 Å². The summed E-state index contributed by atoms with van der Waals surface area (Å²) in [6, 6.07) is 4.81. The highest BCUT2D eigenvalue weighted by molar-refractivity contribution is 5.74. The van der Waals surface area contributed by atoms with Crippen molar-refractivity contribution in [2.24, 2.45) is 5.92 Å². The number of hydrogen-bond acceptors (Lipinski definition) is 3. The molecule has 0 radical (unpaired) electrons. The molecule has 0 unspecified atom stereocenters. The number of aliphatic hydroxyl groups excluding tert-OH is 1. The molecule has 0 aromatic heterocycles. The summed E-state index contributed by atoms with van der Waals surface area (Å²) in [5.74, 6) is -0.204. The Kier molecular flexibility index (Phi) is 5.93. The van der Waals surface area contributed by atoms with Crippen LogP contribution in [0.25, 0.3) is 0 Å². The summed E-state index contributed by atoms with van der Waals surface area (Å²) in [6.45, 7) is 2.95. The highest BCUT2D eigenvalue weighted by Crippen LogP contribution is 2.24. The molecular weight excluding hydrogens is 325 g/mol. The summed E-state index contributed by atoms with van der Waals surface area (Å²) >= 11 is 0. The minimum absolute atomic E-state index is 0.0556. The second-order valence-electron chi connectivity index (χ2n) is 5.92. The molecule has 24 heavy (non-hydrogen) atoms. The first-order chi connectivity index (χ1) is 11.3. The van der Waals surface area contributed by atoms with Crippen molar-refractivity contribution in [3.63, 3.8) is 0 Å². The molecule has 1 aliphatic heterocycles. The number of ether oxygens (including phenoxy) is 1. The minimum Gasteiger partial charge on any atom is -0.406 e. The first-order valence-corrected chi connectivity index (χ1v) is 7.80. The molecule has 0 aliphatic carbocycles. The third-order valence-corrected chi connectivity index (χ3v) is 4.02. The highest BCUT2D eigenvalue weighted by Gasteiger charge is 2.31. The van der Waals surface area contributed by atoms with Crippen LogP contribution in [0.4, 0.5) is 18.0 Å². The van der Waals surface area contributed by atoms with Gasteiger partial charge in [-0.3, -0.25) is 0 Å². The number of aliphatic hydroxyl groups is 1. The van der Waals surface area contributed by atoms with Crippen LogP contribution in [-0.2, 0) is 0 Å². The average molecular weight is 346 g/mol. The molecular formula is C16H21F3N2O3. The van der Waals surface area contributed by atoms with Crippen molar-refractivity contribution in [1.82, 2.24) is 10.2 Å². The van der Waals surface area contributed by atoms with Crippen molar-refractivity contribution in [3.05, 3.63) is 29.8 Å². The molecule has 0 spiro atoms. The van der Waals surface area contributed by atoms with Crippen molar-refractivity contribution in [1.29, 1.82) is 0 Å². The van der Waals surface area contributed by atoms with Crippen molar-refractivity contribution < 1.29 is 27.8 Å². The van der Waals surface area contributed by atoms with Crippen LogP contribution in [-0.4, -0.2) is 42.1 Å². The van der Waals surface area contributed by atoms with E-state index in [-0.39, 0.29) is 30.3 Å². The predicted octanol–water partition coefficient (Wildman–Crippen LogP) is 3.06. The molecule has 2 amide bonds. The zero-order valence-corrected chi connectivity index (χ0v) is 13.3. The Hall–Kier alpha value is -1.96. The molecule has 0 bridgehead atoms. The topological polar surface area (TPSA) is 61.8 Å². The Morgan fingerprint density at radius 1 is 1.42 bits per heavy atom. The first-order valence-electron chi connectivity index (χ1n) is 7.80. The van der Waals surface area contributed by atoms with E-state index in [1.54, 1.807) is 11.8 Å². The maximum atomic E-state index is 12.3. The van der Waals surface area contributed by atoms with Gasteiger partial charge in [-0.05, 0) is 43.4 Å². The summed E-state index contributed by atoms with van der Waals surface area (Å²) in [6.07, 6.45) is -2.98. The van der Waals surface area contributed by atoms with Crippen molar-refractivity contribution in [3.8, 4) is 5.75 Å². The van der Waals surface area contributed by atoms with E-state index in [1.165, 1.54) is 24.3 Å². The molecule has 134 valence electrons. The largest absolute Gasteiger partial charge is 0.573 e. The molecule has 0 saturated carbocycles. The van der Waals surface area contributed by atoms with Crippen LogP contribution in [0.15, 0.2) is 24.3 Å². The van der Waals surface area contributed by atoms with E-state index >= 15 is 0 Å². The normalized spacial score (nSPS) is 19.7. The van der Waals surface area contributed by atoms with E-state index in [4.69, 9.17) is 0 Å². The smallest absolute Gasteiger partial charge is 0.406 e. The number of hydrogen-bond donors (Lipinski definition) is 2. The van der Waals surface area contributed by atoms with Gasteiger partial charge in [0.05, 0.1) is 6.04 Å².